The van der Waals surface area contributed by atoms with E-state index in [4.69, 9.17) is 39.9 Å². The normalized spacial score (nSPS) is 10.5. The Morgan fingerprint density at radius 2 is 1.89 bits per heavy atom. The lowest BCUT2D eigenvalue weighted by Gasteiger charge is -2.05. The Bertz CT molecular complexity index is 649. The second kappa shape index (κ2) is 6.01. The summed E-state index contributed by atoms with van der Waals surface area (Å²) in [4.78, 5) is 15.7. The predicted octanol–water partition coefficient (Wildman–Crippen LogP) is 4.89. The highest BCUT2D eigenvalue weighted by atomic mass is 35.5. The second-order valence-electron chi connectivity index (χ2n) is 3.50. The number of aromatic nitrogens is 1. The third kappa shape index (κ3) is 3.76. The molecule has 0 aliphatic carbocycles. The number of nitrogens with zero attached hydrogens (tertiary/aromatic N) is 1. The van der Waals surface area contributed by atoms with Crippen LogP contribution < -0.4 is 0 Å². The van der Waals surface area contributed by atoms with Crippen LogP contribution >= 0.6 is 46.6 Å². The molecule has 0 aliphatic rings. The van der Waals surface area contributed by atoms with Crippen molar-refractivity contribution in [2.24, 2.45) is 0 Å². The van der Waals surface area contributed by atoms with Gasteiger partial charge in [0, 0.05) is 9.92 Å². The molecule has 3 nitrogen and oxygen atoms in total. The van der Waals surface area contributed by atoms with Gasteiger partial charge in [-0.15, -0.1) is 0 Å². The van der Waals surface area contributed by atoms with Crippen LogP contribution in [0.25, 0.3) is 0 Å². The van der Waals surface area contributed by atoms with Gasteiger partial charge in [0.2, 0.25) is 0 Å². The fourth-order valence-corrected chi connectivity index (χ4v) is 2.95. The van der Waals surface area contributed by atoms with E-state index in [2.05, 4.69) is 4.98 Å². The van der Waals surface area contributed by atoms with Crippen LogP contribution in [0.2, 0.25) is 15.2 Å². The molecule has 0 amide bonds. The van der Waals surface area contributed by atoms with Crippen molar-refractivity contribution < 1.29 is 9.90 Å². The van der Waals surface area contributed by atoms with Gasteiger partial charge in [-0.25, -0.2) is 9.78 Å². The van der Waals surface area contributed by atoms with Crippen molar-refractivity contribution in [3.8, 4) is 0 Å². The molecule has 1 aromatic heterocycles. The Labute approximate surface area is 128 Å². The van der Waals surface area contributed by atoms with Crippen LogP contribution in [0.4, 0.5) is 0 Å². The molecule has 2 aromatic rings. The summed E-state index contributed by atoms with van der Waals surface area (Å²) in [6, 6.07) is 7.72. The van der Waals surface area contributed by atoms with E-state index in [-0.39, 0.29) is 10.7 Å². The quantitative estimate of drug-likeness (QED) is 0.812. The average molecular weight is 335 g/mol. The number of hydrogen-bond acceptors (Lipinski definition) is 3. The Morgan fingerprint density at radius 1 is 1.16 bits per heavy atom. The highest BCUT2D eigenvalue weighted by Gasteiger charge is 2.10. The molecule has 0 unspecified atom stereocenters. The smallest absolute Gasteiger partial charge is 0.335 e. The van der Waals surface area contributed by atoms with Gasteiger partial charge >= 0.3 is 5.97 Å². The molecular weight excluding hydrogens is 329 g/mol. The molecule has 1 heterocycles. The van der Waals surface area contributed by atoms with Crippen LogP contribution in [-0.2, 0) is 0 Å². The first kappa shape index (κ1) is 14.5. The molecule has 0 radical (unpaired) electrons. The second-order valence-corrected chi connectivity index (χ2v) is 5.79. The van der Waals surface area contributed by atoms with Crippen LogP contribution in [0.1, 0.15) is 10.4 Å². The highest BCUT2D eigenvalue weighted by molar-refractivity contribution is 7.99. The van der Waals surface area contributed by atoms with Crippen LogP contribution in [0.5, 0.6) is 0 Å². The molecule has 0 atom stereocenters. The van der Waals surface area contributed by atoms with E-state index in [0.29, 0.717) is 20.0 Å². The molecule has 1 aromatic carbocycles. The maximum Gasteiger partial charge on any atom is 0.335 e. The van der Waals surface area contributed by atoms with E-state index in [0.717, 1.165) is 0 Å². The summed E-state index contributed by atoms with van der Waals surface area (Å²) in [5, 5.41) is 10.5. The first-order chi connectivity index (χ1) is 8.95. The van der Waals surface area contributed by atoms with E-state index in [1.807, 2.05) is 0 Å². The SMILES string of the molecule is O=C(O)c1cc(Cl)nc(Sc2cc(Cl)ccc2Cl)c1. The Kier molecular flexibility index (Phi) is 4.58. The molecule has 2 rings (SSSR count). The number of aromatic carboxylic acids is 1. The molecule has 98 valence electrons. The third-order valence-corrected chi connectivity index (χ3v) is 3.97. The van der Waals surface area contributed by atoms with Gasteiger partial charge in [0.25, 0.3) is 0 Å². The minimum Gasteiger partial charge on any atom is -0.478 e. The Balaban J connectivity index is 2.38. The van der Waals surface area contributed by atoms with E-state index < -0.39 is 5.97 Å². The number of carbonyl (C=O) groups is 1. The van der Waals surface area contributed by atoms with Crippen LogP contribution in [-0.4, -0.2) is 16.1 Å². The van der Waals surface area contributed by atoms with Crippen molar-refractivity contribution in [3.05, 3.63) is 51.1 Å². The molecular formula is C12H6Cl3NO2S. The van der Waals surface area contributed by atoms with Gasteiger partial charge in [-0.2, -0.15) is 0 Å². The monoisotopic (exact) mass is 333 g/mol. The average Bonchev–Trinajstić information content (AvgIpc) is 2.33. The first-order valence-corrected chi connectivity index (χ1v) is 6.94. The molecule has 0 bridgehead atoms. The number of halogens is 3. The van der Waals surface area contributed by atoms with E-state index >= 15 is 0 Å². The fourth-order valence-electron chi connectivity index (χ4n) is 1.32. The van der Waals surface area contributed by atoms with Crippen molar-refractivity contribution in [1.29, 1.82) is 0 Å². The zero-order valence-corrected chi connectivity index (χ0v) is 12.3. The zero-order chi connectivity index (χ0) is 14.0. The van der Waals surface area contributed by atoms with Crippen molar-refractivity contribution in [2.45, 2.75) is 9.92 Å². The summed E-state index contributed by atoms with van der Waals surface area (Å²) in [5.41, 5.74) is 0.0700. The van der Waals surface area contributed by atoms with Crippen LogP contribution in [0, 0.1) is 0 Å². The van der Waals surface area contributed by atoms with Crippen molar-refractivity contribution in [1.82, 2.24) is 4.98 Å². The minimum absolute atomic E-state index is 0.0700. The van der Waals surface area contributed by atoms with E-state index in [1.54, 1.807) is 18.2 Å². The fraction of sp³-hybridized carbons (Fsp3) is 0. The van der Waals surface area contributed by atoms with Gasteiger partial charge in [0.15, 0.2) is 0 Å². The number of carboxylic acids is 1. The molecule has 0 aliphatic heterocycles. The number of carboxylic acid groups (broad SMARTS) is 1. The summed E-state index contributed by atoms with van der Waals surface area (Å²) in [6.07, 6.45) is 0. The number of pyridine rings is 1. The van der Waals surface area contributed by atoms with Gasteiger partial charge in [0.1, 0.15) is 10.2 Å². The Morgan fingerprint density at radius 3 is 2.58 bits per heavy atom. The molecule has 19 heavy (non-hydrogen) atoms. The van der Waals surface area contributed by atoms with Gasteiger partial charge in [-0.3, -0.25) is 0 Å². The maximum absolute atomic E-state index is 10.9. The topological polar surface area (TPSA) is 50.2 Å². The summed E-state index contributed by atoms with van der Waals surface area (Å²) < 4.78 is 0. The molecule has 0 fully saturated rings. The maximum atomic E-state index is 10.9. The predicted molar refractivity (Wildman–Crippen MR) is 76.8 cm³/mol. The molecule has 1 N–H and O–H groups in total. The number of benzene rings is 1. The summed E-state index contributed by atoms with van der Waals surface area (Å²) >= 11 is 18.9. The van der Waals surface area contributed by atoms with Crippen LogP contribution in [0.15, 0.2) is 40.3 Å². The van der Waals surface area contributed by atoms with Gasteiger partial charge in [-0.05, 0) is 30.3 Å². The van der Waals surface area contributed by atoms with Gasteiger partial charge < -0.3 is 5.11 Å². The lowest BCUT2D eigenvalue weighted by Crippen LogP contribution is -1.97. The van der Waals surface area contributed by atoms with Gasteiger partial charge in [0.05, 0.1) is 10.6 Å². The lowest BCUT2D eigenvalue weighted by molar-refractivity contribution is 0.0696. The number of rotatable bonds is 3. The summed E-state index contributed by atoms with van der Waals surface area (Å²) in [6.45, 7) is 0. The summed E-state index contributed by atoms with van der Waals surface area (Å²) in [5.74, 6) is -1.07. The van der Waals surface area contributed by atoms with Gasteiger partial charge in [-0.1, -0.05) is 46.6 Å². The third-order valence-electron chi connectivity index (χ3n) is 2.13. The van der Waals surface area contributed by atoms with Crippen LogP contribution in [0.3, 0.4) is 0 Å². The zero-order valence-electron chi connectivity index (χ0n) is 9.23. The summed E-state index contributed by atoms with van der Waals surface area (Å²) in [7, 11) is 0. The standard InChI is InChI=1S/C12H6Cl3NO2S/c13-7-1-2-8(14)9(5-7)19-11-4-6(12(17)18)3-10(15)16-11/h1-5H,(H,17,18). The van der Waals surface area contributed by atoms with Crippen molar-refractivity contribution >= 4 is 52.5 Å². The van der Waals surface area contributed by atoms with Crippen molar-refractivity contribution in [2.75, 3.05) is 0 Å². The molecule has 0 saturated heterocycles. The van der Waals surface area contributed by atoms with E-state index in [9.17, 15) is 4.79 Å². The highest BCUT2D eigenvalue weighted by Crippen LogP contribution is 2.35. The van der Waals surface area contributed by atoms with E-state index in [1.165, 1.54) is 23.9 Å². The lowest BCUT2D eigenvalue weighted by atomic mass is 10.3. The minimum atomic E-state index is -1.07. The molecule has 0 spiro atoms. The molecule has 7 heteroatoms. The van der Waals surface area contributed by atoms with Crippen molar-refractivity contribution in [3.63, 3.8) is 0 Å². The Hall–Kier alpha value is -0.940. The first-order valence-electron chi connectivity index (χ1n) is 4.99. The largest absolute Gasteiger partial charge is 0.478 e. The number of hydrogen-bond donors (Lipinski definition) is 1. The molecule has 0 saturated carbocycles.